The van der Waals surface area contributed by atoms with Crippen LogP contribution in [0.2, 0.25) is 5.02 Å². The minimum Gasteiger partial charge on any atom is -0.483 e. The maximum absolute atomic E-state index is 11.8. The van der Waals surface area contributed by atoms with Crippen molar-refractivity contribution < 1.29 is 14.3 Å². The molecule has 0 atom stereocenters. The molecule has 0 aliphatic heterocycles. The lowest BCUT2D eigenvalue weighted by Gasteiger charge is -2.10. The SMILES string of the molecule is CC(=O)c1ccccc1OCC(=O)NCc1ccccc1Cl. The first-order chi connectivity index (χ1) is 10.6. The molecule has 0 unspecified atom stereocenters. The van der Waals surface area contributed by atoms with Crippen LogP contribution < -0.4 is 10.1 Å². The van der Waals surface area contributed by atoms with Crippen LogP contribution >= 0.6 is 11.6 Å². The summed E-state index contributed by atoms with van der Waals surface area (Å²) < 4.78 is 5.41. The van der Waals surface area contributed by atoms with Gasteiger partial charge in [-0.25, -0.2) is 0 Å². The molecule has 1 amide bonds. The van der Waals surface area contributed by atoms with Crippen LogP contribution in [-0.4, -0.2) is 18.3 Å². The summed E-state index contributed by atoms with van der Waals surface area (Å²) in [5, 5.41) is 3.33. The number of para-hydroxylation sites is 1. The van der Waals surface area contributed by atoms with Gasteiger partial charge < -0.3 is 10.1 Å². The van der Waals surface area contributed by atoms with E-state index in [1.807, 2.05) is 18.2 Å². The highest BCUT2D eigenvalue weighted by molar-refractivity contribution is 6.31. The topological polar surface area (TPSA) is 55.4 Å². The van der Waals surface area contributed by atoms with Gasteiger partial charge in [0.2, 0.25) is 0 Å². The van der Waals surface area contributed by atoms with Crippen molar-refractivity contribution in [3.8, 4) is 5.75 Å². The lowest BCUT2D eigenvalue weighted by Crippen LogP contribution is -2.28. The van der Waals surface area contributed by atoms with E-state index in [1.165, 1.54) is 6.92 Å². The first kappa shape index (κ1) is 16.0. The number of ether oxygens (including phenoxy) is 1. The van der Waals surface area contributed by atoms with Gasteiger partial charge in [-0.1, -0.05) is 41.9 Å². The summed E-state index contributed by atoms with van der Waals surface area (Å²) in [4.78, 5) is 23.3. The Kier molecular flexibility index (Phi) is 5.55. The Bertz CT molecular complexity index is 685. The first-order valence-corrected chi connectivity index (χ1v) is 7.18. The van der Waals surface area contributed by atoms with Crippen LogP contribution in [0.1, 0.15) is 22.8 Å². The van der Waals surface area contributed by atoms with Crippen LogP contribution in [0.3, 0.4) is 0 Å². The monoisotopic (exact) mass is 317 g/mol. The van der Waals surface area contributed by atoms with Crippen molar-refractivity contribution in [1.82, 2.24) is 5.32 Å². The number of hydrogen-bond donors (Lipinski definition) is 1. The van der Waals surface area contributed by atoms with Gasteiger partial charge in [-0.15, -0.1) is 0 Å². The molecule has 0 saturated heterocycles. The lowest BCUT2D eigenvalue weighted by atomic mass is 10.1. The van der Waals surface area contributed by atoms with E-state index in [1.54, 1.807) is 30.3 Å². The van der Waals surface area contributed by atoms with E-state index in [4.69, 9.17) is 16.3 Å². The molecule has 0 heterocycles. The molecule has 2 aromatic rings. The molecule has 0 aromatic heterocycles. The minimum absolute atomic E-state index is 0.105. The van der Waals surface area contributed by atoms with Gasteiger partial charge in [-0.05, 0) is 30.7 Å². The summed E-state index contributed by atoms with van der Waals surface area (Å²) in [6.07, 6.45) is 0. The molecule has 4 nitrogen and oxygen atoms in total. The van der Waals surface area contributed by atoms with Crippen molar-refractivity contribution in [1.29, 1.82) is 0 Å². The number of carbonyl (C=O) groups is 2. The van der Waals surface area contributed by atoms with Crippen molar-refractivity contribution in [3.63, 3.8) is 0 Å². The van der Waals surface area contributed by atoms with Crippen LogP contribution in [0.4, 0.5) is 0 Å². The van der Waals surface area contributed by atoms with Gasteiger partial charge in [0.1, 0.15) is 5.75 Å². The van der Waals surface area contributed by atoms with Crippen molar-refractivity contribution in [3.05, 3.63) is 64.7 Å². The molecular formula is C17H16ClNO3. The summed E-state index contributed by atoms with van der Waals surface area (Å²) in [5.74, 6) is 0.0215. The zero-order valence-electron chi connectivity index (χ0n) is 12.1. The Morgan fingerprint density at radius 1 is 1.09 bits per heavy atom. The van der Waals surface area contributed by atoms with E-state index >= 15 is 0 Å². The number of Topliss-reactive ketones (excluding diaryl/α,β-unsaturated/α-hetero) is 1. The largest absolute Gasteiger partial charge is 0.483 e. The van der Waals surface area contributed by atoms with E-state index in [9.17, 15) is 9.59 Å². The fraction of sp³-hybridized carbons (Fsp3) is 0.176. The molecule has 0 saturated carbocycles. The maximum Gasteiger partial charge on any atom is 0.258 e. The molecule has 0 radical (unpaired) electrons. The van der Waals surface area contributed by atoms with Crippen LogP contribution in [-0.2, 0) is 11.3 Å². The van der Waals surface area contributed by atoms with Gasteiger partial charge in [-0.3, -0.25) is 9.59 Å². The average molecular weight is 318 g/mol. The van der Waals surface area contributed by atoms with Gasteiger partial charge in [0.05, 0.1) is 5.56 Å². The highest BCUT2D eigenvalue weighted by Gasteiger charge is 2.09. The molecule has 0 bridgehead atoms. The fourth-order valence-electron chi connectivity index (χ4n) is 1.91. The van der Waals surface area contributed by atoms with Gasteiger partial charge in [0.25, 0.3) is 5.91 Å². The second kappa shape index (κ2) is 7.61. The van der Waals surface area contributed by atoms with E-state index in [-0.39, 0.29) is 18.3 Å². The molecule has 0 fully saturated rings. The lowest BCUT2D eigenvalue weighted by molar-refractivity contribution is -0.123. The average Bonchev–Trinajstić information content (AvgIpc) is 2.52. The summed E-state index contributed by atoms with van der Waals surface area (Å²) in [5.41, 5.74) is 1.29. The molecule has 2 rings (SSSR count). The third-order valence-electron chi connectivity index (χ3n) is 3.06. The molecule has 114 valence electrons. The van der Waals surface area contributed by atoms with E-state index < -0.39 is 0 Å². The molecule has 1 N–H and O–H groups in total. The Labute approximate surface area is 134 Å². The first-order valence-electron chi connectivity index (χ1n) is 6.81. The second-order valence-corrected chi connectivity index (χ2v) is 5.12. The number of halogens is 1. The van der Waals surface area contributed by atoms with E-state index in [0.717, 1.165) is 5.56 Å². The van der Waals surface area contributed by atoms with Crippen LogP contribution in [0.25, 0.3) is 0 Å². The quantitative estimate of drug-likeness (QED) is 0.832. The van der Waals surface area contributed by atoms with Gasteiger partial charge >= 0.3 is 0 Å². The number of carbonyl (C=O) groups excluding carboxylic acids is 2. The Balaban J connectivity index is 1.89. The van der Waals surface area contributed by atoms with Crippen LogP contribution in [0.15, 0.2) is 48.5 Å². The van der Waals surface area contributed by atoms with Gasteiger partial charge in [-0.2, -0.15) is 0 Å². The Hall–Kier alpha value is -2.33. The third-order valence-corrected chi connectivity index (χ3v) is 3.43. The number of benzene rings is 2. The van der Waals surface area contributed by atoms with E-state index in [2.05, 4.69) is 5.32 Å². The summed E-state index contributed by atoms with van der Waals surface area (Å²) >= 11 is 6.02. The van der Waals surface area contributed by atoms with Gasteiger partial charge in [0.15, 0.2) is 12.4 Å². The minimum atomic E-state index is -0.279. The van der Waals surface area contributed by atoms with Crippen molar-refractivity contribution in [2.75, 3.05) is 6.61 Å². The summed E-state index contributed by atoms with van der Waals surface area (Å²) in [7, 11) is 0. The zero-order chi connectivity index (χ0) is 15.9. The van der Waals surface area contributed by atoms with Crippen molar-refractivity contribution >= 4 is 23.3 Å². The Morgan fingerprint density at radius 3 is 2.50 bits per heavy atom. The van der Waals surface area contributed by atoms with Crippen LogP contribution in [0, 0.1) is 0 Å². The zero-order valence-corrected chi connectivity index (χ0v) is 12.9. The predicted octanol–water partition coefficient (Wildman–Crippen LogP) is 3.24. The number of ketones is 1. The summed E-state index contributed by atoms with van der Waals surface area (Å²) in [6, 6.07) is 14.1. The maximum atomic E-state index is 11.8. The van der Waals surface area contributed by atoms with Crippen molar-refractivity contribution in [2.24, 2.45) is 0 Å². The highest BCUT2D eigenvalue weighted by Crippen LogP contribution is 2.18. The predicted molar refractivity (Wildman–Crippen MR) is 85.2 cm³/mol. The number of amides is 1. The molecule has 22 heavy (non-hydrogen) atoms. The smallest absolute Gasteiger partial charge is 0.258 e. The van der Waals surface area contributed by atoms with Crippen molar-refractivity contribution in [2.45, 2.75) is 13.5 Å². The normalized spacial score (nSPS) is 10.1. The Morgan fingerprint density at radius 2 is 1.77 bits per heavy atom. The molecule has 2 aromatic carbocycles. The van der Waals surface area contributed by atoms with Gasteiger partial charge in [0, 0.05) is 11.6 Å². The third kappa shape index (κ3) is 4.33. The summed E-state index contributed by atoms with van der Waals surface area (Å²) in [6.45, 7) is 1.63. The standard InChI is InChI=1S/C17H16ClNO3/c1-12(20)14-7-3-5-9-16(14)22-11-17(21)19-10-13-6-2-4-8-15(13)18/h2-9H,10-11H2,1H3,(H,19,21). The van der Waals surface area contributed by atoms with E-state index in [0.29, 0.717) is 22.9 Å². The molecule has 0 spiro atoms. The molecule has 5 heteroatoms. The molecule has 0 aliphatic carbocycles. The fourth-order valence-corrected chi connectivity index (χ4v) is 2.12. The highest BCUT2D eigenvalue weighted by atomic mass is 35.5. The molecule has 0 aliphatic rings. The second-order valence-electron chi connectivity index (χ2n) is 4.71. The van der Waals surface area contributed by atoms with Crippen LogP contribution in [0.5, 0.6) is 5.75 Å². The number of nitrogens with one attached hydrogen (secondary N) is 1. The number of rotatable bonds is 6. The molecular weight excluding hydrogens is 302 g/mol. The number of hydrogen-bond acceptors (Lipinski definition) is 3.